The first-order valence-electron chi connectivity index (χ1n) is 8.85. The molecule has 0 amide bonds. The van der Waals surface area contributed by atoms with Crippen molar-refractivity contribution in [2.75, 3.05) is 13.6 Å². The van der Waals surface area contributed by atoms with Crippen LogP contribution in [0.15, 0.2) is 29.2 Å². The van der Waals surface area contributed by atoms with Gasteiger partial charge in [-0.3, -0.25) is 4.79 Å². The van der Waals surface area contributed by atoms with Crippen molar-refractivity contribution in [1.82, 2.24) is 4.31 Å². The number of sulfonamides is 1. The minimum absolute atomic E-state index is 0.150. The Hall–Kier alpha value is -1.61. The fourth-order valence-electron chi connectivity index (χ4n) is 3.49. The molecule has 0 saturated heterocycles. The SMILES string of the molecule is CN(C[C@H]1CC[C@H](CCC(=O)O)CC1)S(=O)(=O)c1ccc(C(F)(F)F)cc1. The Morgan fingerprint density at radius 2 is 1.63 bits per heavy atom. The van der Waals surface area contributed by atoms with E-state index in [9.17, 15) is 26.4 Å². The molecule has 1 fully saturated rings. The number of aliphatic carboxylic acids is 1. The van der Waals surface area contributed by atoms with Crippen LogP contribution in [0.3, 0.4) is 0 Å². The number of carbonyl (C=O) groups is 1. The number of hydrogen-bond donors (Lipinski definition) is 1. The normalized spacial score (nSPS) is 21.4. The highest BCUT2D eigenvalue weighted by atomic mass is 32.2. The molecule has 1 aliphatic rings. The Kier molecular flexibility index (Phi) is 6.91. The first kappa shape index (κ1) is 21.7. The van der Waals surface area contributed by atoms with Crippen molar-refractivity contribution in [2.24, 2.45) is 11.8 Å². The van der Waals surface area contributed by atoms with Gasteiger partial charge in [0, 0.05) is 20.0 Å². The van der Waals surface area contributed by atoms with E-state index >= 15 is 0 Å². The van der Waals surface area contributed by atoms with E-state index in [1.807, 2.05) is 0 Å². The molecule has 0 aromatic heterocycles. The third kappa shape index (κ3) is 5.93. The van der Waals surface area contributed by atoms with Crippen molar-refractivity contribution < 1.29 is 31.5 Å². The van der Waals surface area contributed by atoms with E-state index in [-0.39, 0.29) is 17.2 Å². The maximum Gasteiger partial charge on any atom is 0.416 e. The summed E-state index contributed by atoms with van der Waals surface area (Å²) in [7, 11) is -2.41. The molecule has 1 aromatic carbocycles. The quantitative estimate of drug-likeness (QED) is 0.741. The topological polar surface area (TPSA) is 74.7 Å². The molecule has 5 nitrogen and oxygen atoms in total. The number of alkyl halides is 3. The van der Waals surface area contributed by atoms with Crippen molar-refractivity contribution in [2.45, 2.75) is 49.6 Å². The average Bonchev–Trinajstić information content (AvgIpc) is 2.60. The number of benzene rings is 1. The molecule has 0 unspecified atom stereocenters. The molecule has 1 N–H and O–H groups in total. The maximum absolute atomic E-state index is 12.6. The van der Waals surface area contributed by atoms with E-state index in [2.05, 4.69) is 0 Å². The Morgan fingerprint density at radius 3 is 2.11 bits per heavy atom. The fourth-order valence-corrected chi connectivity index (χ4v) is 4.73. The van der Waals surface area contributed by atoms with Gasteiger partial charge in [0.05, 0.1) is 10.5 Å². The molecule has 152 valence electrons. The highest BCUT2D eigenvalue weighted by Gasteiger charge is 2.32. The number of nitrogens with zero attached hydrogens (tertiary/aromatic N) is 1. The second-order valence-electron chi connectivity index (χ2n) is 7.13. The summed E-state index contributed by atoms with van der Waals surface area (Å²) in [6.07, 6.45) is -0.348. The number of rotatable bonds is 7. The van der Waals surface area contributed by atoms with Crippen molar-refractivity contribution in [3.05, 3.63) is 29.8 Å². The van der Waals surface area contributed by atoms with Crippen LogP contribution in [-0.2, 0) is 21.0 Å². The van der Waals surface area contributed by atoms with E-state index in [4.69, 9.17) is 5.11 Å². The van der Waals surface area contributed by atoms with Gasteiger partial charge in [-0.1, -0.05) is 12.8 Å². The van der Waals surface area contributed by atoms with Gasteiger partial charge < -0.3 is 5.11 Å². The number of halogens is 3. The summed E-state index contributed by atoms with van der Waals surface area (Å²) in [4.78, 5) is 10.5. The lowest BCUT2D eigenvalue weighted by Gasteiger charge is -2.30. The Labute approximate surface area is 157 Å². The van der Waals surface area contributed by atoms with Crippen LogP contribution in [0.25, 0.3) is 0 Å². The Morgan fingerprint density at radius 1 is 1.11 bits per heavy atom. The third-order valence-electron chi connectivity index (χ3n) is 5.14. The molecule has 27 heavy (non-hydrogen) atoms. The van der Waals surface area contributed by atoms with Crippen LogP contribution in [0.2, 0.25) is 0 Å². The van der Waals surface area contributed by atoms with Crippen LogP contribution in [0.4, 0.5) is 13.2 Å². The predicted molar refractivity (Wildman–Crippen MR) is 93.6 cm³/mol. The minimum atomic E-state index is -4.51. The molecule has 0 atom stereocenters. The van der Waals surface area contributed by atoms with Crippen LogP contribution in [0.5, 0.6) is 0 Å². The van der Waals surface area contributed by atoms with Crippen molar-refractivity contribution in [3.63, 3.8) is 0 Å². The summed E-state index contributed by atoms with van der Waals surface area (Å²) in [6.45, 7) is 0.301. The van der Waals surface area contributed by atoms with E-state index in [0.717, 1.165) is 49.9 Å². The van der Waals surface area contributed by atoms with Gasteiger partial charge in [0.15, 0.2) is 0 Å². The zero-order valence-electron chi connectivity index (χ0n) is 15.1. The van der Waals surface area contributed by atoms with Gasteiger partial charge >= 0.3 is 12.1 Å². The molecule has 0 bridgehead atoms. The Bertz CT molecular complexity index is 739. The number of carboxylic acids is 1. The second kappa shape index (κ2) is 8.60. The second-order valence-corrected chi connectivity index (χ2v) is 9.17. The van der Waals surface area contributed by atoms with Gasteiger partial charge in [-0.2, -0.15) is 13.2 Å². The monoisotopic (exact) mass is 407 g/mol. The van der Waals surface area contributed by atoms with Gasteiger partial charge in [0.1, 0.15) is 0 Å². The van der Waals surface area contributed by atoms with Crippen molar-refractivity contribution in [3.8, 4) is 0 Å². The third-order valence-corrected chi connectivity index (χ3v) is 6.98. The van der Waals surface area contributed by atoms with Gasteiger partial charge in [-0.15, -0.1) is 0 Å². The molecular weight excluding hydrogens is 383 g/mol. The summed E-state index contributed by atoms with van der Waals surface area (Å²) in [6, 6.07) is 3.51. The summed E-state index contributed by atoms with van der Waals surface area (Å²) < 4.78 is 64.2. The van der Waals surface area contributed by atoms with Crippen LogP contribution >= 0.6 is 0 Å². The van der Waals surface area contributed by atoms with Crippen molar-refractivity contribution in [1.29, 1.82) is 0 Å². The van der Waals surface area contributed by atoms with Gasteiger partial charge in [-0.25, -0.2) is 12.7 Å². The number of carboxylic acid groups (broad SMARTS) is 1. The summed E-state index contributed by atoms with van der Waals surface area (Å²) in [5.41, 5.74) is -0.885. The zero-order chi connectivity index (χ0) is 20.2. The van der Waals surface area contributed by atoms with Gasteiger partial charge in [0.25, 0.3) is 0 Å². The van der Waals surface area contributed by atoms with Crippen LogP contribution in [0, 0.1) is 11.8 Å². The molecular formula is C18H24F3NO4S. The summed E-state index contributed by atoms with van der Waals surface area (Å²) >= 11 is 0. The van der Waals surface area contributed by atoms with Crippen LogP contribution in [-0.4, -0.2) is 37.4 Å². The van der Waals surface area contributed by atoms with E-state index in [1.54, 1.807) is 0 Å². The lowest BCUT2D eigenvalue weighted by atomic mass is 9.80. The lowest BCUT2D eigenvalue weighted by molar-refractivity contribution is -0.138. The Balaban J connectivity index is 1.93. The predicted octanol–water partition coefficient (Wildman–Crippen LogP) is 4.00. The molecule has 1 saturated carbocycles. The van der Waals surface area contributed by atoms with Gasteiger partial charge in [0.2, 0.25) is 10.0 Å². The first-order chi connectivity index (χ1) is 12.5. The smallest absolute Gasteiger partial charge is 0.416 e. The molecule has 0 radical (unpaired) electrons. The van der Waals surface area contributed by atoms with Crippen molar-refractivity contribution >= 4 is 16.0 Å². The molecule has 2 rings (SSSR count). The highest BCUT2D eigenvalue weighted by molar-refractivity contribution is 7.89. The maximum atomic E-state index is 12.6. The molecule has 1 aromatic rings. The fraction of sp³-hybridized carbons (Fsp3) is 0.611. The molecule has 9 heteroatoms. The first-order valence-corrected chi connectivity index (χ1v) is 10.3. The number of hydrogen-bond acceptors (Lipinski definition) is 3. The van der Waals surface area contributed by atoms with Crippen LogP contribution in [0.1, 0.15) is 44.1 Å². The minimum Gasteiger partial charge on any atom is -0.481 e. The molecule has 0 spiro atoms. The summed E-state index contributed by atoms with van der Waals surface area (Å²) in [5, 5.41) is 8.74. The summed E-state index contributed by atoms with van der Waals surface area (Å²) in [5.74, 6) is -0.283. The van der Waals surface area contributed by atoms with E-state index in [1.165, 1.54) is 11.4 Å². The lowest BCUT2D eigenvalue weighted by Crippen LogP contribution is -2.33. The highest BCUT2D eigenvalue weighted by Crippen LogP contribution is 2.33. The van der Waals surface area contributed by atoms with E-state index in [0.29, 0.717) is 18.9 Å². The average molecular weight is 407 g/mol. The standard InChI is InChI=1S/C18H24F3NO4S/c1-22(12-14-4-2-13(3-5-14)6-11-17(23)24)27(25,26)16-9-7-15(8-10-16)18(19,20)21/h7-10,13-14H,2-6,11-12H2,1H3,(H,23,24)/t13-,14-. The van der Waals surface area contributed by atoms with Crippen LogP contribution < -0.4 is 0 Å². The van der Waals surface area contributed by atoms with E-state index < -0.39 is 27.7 Å². The largest absolute Gasteiger partial charge is 0.481 e. The zero-order valence-corrected chi connectivity index (χ0v) is 15.9. The molecule has 1 aliphatic carbocycles. The molecule has 0 heterocycles. The molecule has 0 aliphatic heterocycles. The van der Waals surface area contributed by atoms with Gasteiger partial charge in [-0.05, 0) is 55.4 Å².